The van der Waals surface area contributed by atoms with Crippen molar-refractivity contribution in [2.75, 3.05) is 5.75 Å². The van der Waals surface area contributed by atoms with E-state index in [1.807, 2.05) is 0 Å². The third kappa shape index (κ3) is 35.1. The Morgan fingerprint density at radius 3 is 1.82 bits per heavy atom. The number of halogens is 2. The molecule has 0 spiro atoms. The quantitative estimate of drug-likeness (QED) is 0.407. The van der Waals surface area contributed by atoms with E-state index in [1.54, 1.807) is 6.29 Å². The van der Waals surface area contributed by atoms with Crippen LogP contribution in [-0.2, 0) is 21.3 Å². The summed E-state index contributed by atoms with van der Waals surface area (Å²) in [5.41, 5.74) is 4.97. The SMILES string of the molecule is N.N.N[C@H]([C-]=O)CS.[Cl][Pt][Cl]. The molecular formula is C3H12Cl2N3OPtS-. The van der Waals surface area contributed by atoms with Gasteiger partial charge < -0.3 is 22.8 Å². The molecule has 8 heteroatoms. The van der Waals surface area contributed by atoms with Crippen LogP contribution in [0.15, 0.2) is 0 Å². The van der Waals surface area contributed by atoms with E-state index in [0.29, 0.717) is 5.75 Å². The van der Waals surface area contributed by atoms with Gasteiger partial charge in [-0.05, 0) is 5.75 Å². The second kappa shape index (κ2) is 22.5. The Labute approximate surface area is 88.5 Å². The predicted octanol–water partition coefficient (Wildman–Crippen LogP) is 1.05. The zero-order chi connectivity index (χ0) is 7.70. The Morgan fingerprint density at radius 2 is 1.82 bits per heavy atom. The first-order chi connectivity index (χ1) is 4.22. The maximum atomic E-state index is 9.44. The summed E-state index contributed by atoms with van der Waals surface area (Å²) in [5.74, 6) is 0.378. The molecule has 0 amide bonds. The van der Waals surface area contributed by atoms with E-state index in [9.17, 15) is 4.79 Å². The molecule has 0 unspecified atom stereocenters. The maximum absolute atomic E-state index is 9.44. The van der Waals surface area contributed by atoms with Crippen LogP contribution in [0, 0.1) is 0 Å². The van der Waals surface area contributed by atoms with Crippen molar-refractivity contribution in [1.82, 2.24) is 12.3 Å². The van der Waals surface area contributed by atoms with Crippen LogP contribution >= 0.6 is 31.5 Å². The van der Waals surface area contributed by atoms with E-state index in [1.165, 1.54) is 0 Å². The van der Waals surface area contributed by atoms with Gasteiger partial charge in [-0.15, -0.1) is 0 Å². The van der Waals surface area contributed by atoms with Crippen LogP contribution in [0.25, 0.3) is 0 Å². The van der Waals surface area contributed by atoms with Crippen molar-refractivity contribution < 1.29 is 21.3 Å². The van der Waals surface area contributed by atoms with Crippen molar-refractivity contribution >= 4 is 37.8 Å². The van der Waals surface area contributed by atoms with E-state index >= 15 is 0 Å². The molecule has 0 aliphatic carbocycles. The molecule has 0 saturated heterocycles. The Bertz CT molecular complexity index is 72.5. The number of nitrogens with two attached hydrogens (primary N) is 1. The molecule has 0 aromatic rings. The minimum atomic E-state index is -0.506. The number of hydrogen-bond donors (Lipinski definition) is 4. The third-order valence-corrected chi connectivity index (χ3v) is 0.741. The van der Waals surface area contributed by atoms with Gasteiger partial charge in [0.25, 0.3) is 0 Å². The van der Waals surface area contributed by atoms with Gasteiger partial charge in [-0.3, -0.25) is 0 Å². The Morgan fingerprint density at radius 1 is 1.55 bits per heavy atom. The number of rotatable bonds is 2. The van der Waals surface area contributed by atoms with Crippen LogP contribution in [-0.4, -0.2) is 18.1 Å². The Balaban J connectivity index is -0.0000000437. The minimum absolute atomic E-state index is 0. The van der Waals surface area contributed by atoms with E-state index in [4.69, 9.17) is 24.6 Å². The molecule has 0 aliphatic rings. The van der Waals surface area contributed by atoms with Gasteiger partial charge in [0, 0.05) is 0 Å². The fourth-order valence-electron chi connectivity index (χ4n) is 0.0373. The van der Waals surface area contributed by atoms with Gasteiger partial charge in [0.05, 0.1) is 0 Å². The van der Waals surface area contributed by atoms with Gasteiger partial charge in [-0.25, -0.2) is 6.29 Å². The van der Waals surface area contributed by atoms with Crippen LogP contribution in [0.3, 0.4) is 0 Å². The Kier molecular flexibility index (Phi) is 46.5. The van der Waals surface area contributed by atoms with Gasteiger partial charge in [0.1, 0.15) is 0 Å². The van der Waals surface area contributed by atoms with Crippen LogP contribution in [0.2, 0.25) is 0 Å². The summed E-state index contributed by atoms with van der Waals surface area (Å²) in [6.45, 7) is 0. The molecular weight excluding hydrogens is 392 g/mol. The Hall–Kier alpha value is 1.17. The summed E-state index contributed by atoms with van der Waals surface area (Å²) < 4.78 is 0. The molecule has 1 atom stereocenters. The molecule has 0 saturated carbocycles. The molecule has 76 valence electrons. The van der Waals surface area contributed by atoms with Gasteiger partial charge in [-0.2, -0.15) is 12.6 Å². The molecule has 0 rings (SSSR count). The van der Waals surface area contributed by atoms with Crippen molar-refractivity contribution in [2.45, 2.75) is 6.04 Å². The zero-order valence-corrected chi connectivity index (χ0v) is 10.4. The summed E-state index contributed by atoms with van der Waals surface area (Å²) in [5, 5.41) is 0. The molecule has 0 aromatic heterocycles. The van der Waals surface area contributed by atoms with Gasteiger partial charge in [0.2, 0.25) is 0 Å². The van der Waals surface area contributed by atoms with Crippen LogP contribution < -0.4 is 18.0 Å². The second-order valence-corrected chi connectivity index (χ2v) is 4.60. The van der Waals surface area contributed by atoms with Gasteiger partial charge >= 0.3 is 35.3 Å². The summed E-state index contributed by atoms with van der Waals surface area (Å²) in [4.78, 5) is 9.44. The van der Waals surface area contributed by atoms with E-state index in [2.05, 4.69) is 12.6 Å². The van der Waals surface area contributed by atoms with Crippen molar-refractivity contribution in [3.8, 4) is 0 Å². The number of carbonyl (C=O) groups excluding carboxylic acids is 1. The normalized spacial score (nSPS) is 9.45. The molecule has 0 radical (unpaired) electrons. The molecule has 0 bridgehead atoms. The summed E-state index contributed by atoms with van der Waals surface area (Å²) in [6.07, 6.45) is 1.57. The topological polar surface area (TPSA) is 113 Å². The average molecular weight is 404 g/mol. The fraction of sp³-hybridized carbons (Fsp3) is 0.667. The van der Waals surface area contributed by atoms with Crippen molar-refractivity contribution in [1.29, 1.82) is 0 Å². The summed E-state index contributed by atoms with van der Waals surface area (Å²) in [6, 6.07) is -0.506. The summed E-state index contributed by atoms with van der Waals surface area (Å²) in [7, 11) is 9.75. The van der Waals surface area contributed by atoms with Crippen molar-refractivity contribution in [3.05, 3.63) is 0 Å². The van der Waals surface area contributed by atoms with E-state index < -0.39 is 22.5 Å². The molecule has 0 aliphatic heterocycles. The molecule has 4 nitrogen and oxygen atoms in total. The van der Waals surface area contributed by atoms with Gasteiger partial charge in [0.15, 0.2) is 0 Å². The van der Waals surface area contributed by atoms with Crippen LogP contribution in [0.4, 0.5) is 0 Å². The fourth-order valence-corrected chi connectivity index (χ4v) is 0.112. The average Bonchev–Trinajstić information content (AvgIpc) is 1.88. The van der Waals surface area contributed by atoms with Gasteiger partial charge in [-0.1, -0.05) is 6.04 Å². The summed E-state index contributed by atoms with van der Waals surface area (Å²) >= 11 is 3.24. The second-order valence-electron chi connectivity index (χ2n) is 0.952. The van der Waals surface area contributed by atoms with Crippen molar-refractivity contribution in [3.63, 3.8) is 0 Å². The van der Waals surface area contributed by atoms with E-state index in [0.717, 1.165) is 0 Å². The van der Waals surface area contributed by atoms with Crippen LogP contribution in [0.5, 0.6) is 0 Å². The third-order valence-electron chi connectivity index (χ3n) is 0.348. The first kappa shape index (κ1) is 22.7. The first-order valence-corrected chi connectivity index (χ1v) is 8.05. The monoisotopic (exact) mass is 403 g/mol. The molecule has 0 aromatic carbocycles. The number of thiol groups is 1. The molecule has 0 heterocycles. The van der Waals surface area contributed by atoms with Crippen LogP contribution in [0.1, 0.15) is 0 Å². The molecule has 0 fully saturated rings. The molecule has 11 heavy (non-hydrogen) atoms. The predicted molar refractivity (Wildman–Crippen MR) is 49.3 cm³/mol. The first-order valence-electron chi connectivity index (χ1n) is 1.79. The molecule has 8 N–H and O–H groups in total. The standard InChI is InChI=1S/C3H6NOS.2ClH.2H3N.Pt/c4-3(1-5)2-6;;;;;/h3,6H,2,4H2;2*1H;2*1H3;/q-1;;;;;+2/p-2/t3-;;;;;/m1...../s1. The zero-order valence-electron chi connectivity index (χ0n) is 5.70. The van der Waals surface area contributed by atoms with E-state index in [-0.39, 0.29) is 12.3 Å². The van der Waals surface area contributed by atoms with Crippen molar-refractivity contribution in [2.24, 2.45) is 5.73 Å². The number of hydrogen-bond acceptors (Lipinski definition) is 5.